The van der Waals surface area contributed by atoms with E-state index in [2.05, 4.69) is 17.0 Å². The molecule has 1 aliphatic rings. The number of hydrogen-bond donors (Lipinski definition) is 0. The molecular weight excluding hydrogens is 460 g/mol. The van der Waals surface area contributed by atoms with E-state index in [-0.39, 0.29) is 5.91 Å². The van der Waals surface area contributed by atoms with Crippen LogP contribution in [0.1, 0.15) is 22.3 Å². The van der Waals surface area contributed by atoms with Crippen LogP contribution in [0.5, 0.6) is 11.5 Å². The van der Waals surface area contributed by atoms with Crippen LogP contribution >= 0.6 is 11.6 Å². The molecule has 1 amide bonds. The van der Waals surface area contributed by atoms with Gasteiger partial charge in [-0.1, -0.05) is 47.5 Å². The Kier molecular flexibility index (Phi) is 8.45. The summed E-state index contributed by atoms with van der Waals surface area (Å²) >= 11 is 5.98. The fraction of sp³-hybridized carbons (Fsp3) is 0.276. The van der Waals surface area contributed by atoms with Crippen LogP contribution in [0.3, 0.4) is 0 Å². The number of halogens is 1. The second-order valence-corrected chi connectivity index (χ2v) is 9.17. The normalized spacial score (nSPS) is 14.3. The van der Waals surface area contributed by atoms with E-state index in [1.54, 1.807) is 13.2 Å². The zero-order chi connectivity index (χ0) is 24.6. The molecule has 5 nitrogen and oxygen atoms in total. The Morgan fingerprint density at radius 3 is 2.37 bits per heavy atom. The van der Waals surface area contributed by atoms with Gasteiger partial charge in [-0.05, 0) is 60.5 Å². The van der Waals surface area contributed by atoms with Crippen molar-refractivity contribution >= 4 is 23.6 Å². The lowest BCUT2D eigenvalue weighted by Crippen LogP contribution is -2.47. The third-order valence-electron chi connectivity index (χ3n) is 6.14. The minimum absolute atomic E-state index is 0.0319. The van der Waals surface area contributed by atoms with E-state index in [9.17, 15) is 4.79 Å². The maximum absolute atomic E-state index is 12.8. The van der Waals surface area contributed by atoms with E-state index in [0.717, 1.165) is 60.4 Å². The molecule has 3 aromatic carbocycles. The molecule has 0 spiro atoms. The van der Waals surface area contributed by atoms with E-state index in [4.69, 9.17) is 21.1 Å². The molecule has 6 heteroatoms. The average molecular weight is 491 g/mol. The van der Waals surface area contributed by atoms with Gasteiger partial charge < -0.3 is 14.4 Å². The van der Waals surface area contributed by atoms with Crippen molar-refractivity contribution < 1.29 is 14.3 Å². The SMILES string of the molecule is COc1ccc(/C=C/C(=O)N2CCN(Cc3ccc(Cl)cc3)CC2)cc1COc1ccc(C)cc1. The number of benzene rings is 3. The smallest absolute Gasteiger partial charge is 0.246 e. The average Bonchev–Trinajstić information content (AvgIpc) is 2.89. The number of aryl methyl sites for hydroxylation is 1. The number of piperazine rings is 1. The zero-order valence-corrected chi connectivity index (χ0v) is 21.0. The highest BCUT2D eigenvalue weighted by Gasteiger charge is 2.19. The molecule has 3 aromatic rings. The molecule has 0 saturated carbocycles. The van der Waals surface area contributed by atoms with Crippen molar-refractivity contribution in [2.24, 2.45) is 0 Å². The Labute approximate surface area is 212 Å². The fourth-order valence-electron chi connectivity index (χ4n) is 4.06. The third kappa shape index (κ3) is 7.10. The van der Waals surface area contributed by atoms with Gasteiger partial charge in [0.25, 0.3) is 0 Å². The molecule has 0 aromatic heterocycles. The fourth-order valence-corrected chi connectivity index (χ4v) is 4.18. The minimum atomic E-state index is 0.0319. The summed E-state index contributed by atoms with van der Waals surface area (Å²) in [6.07, 6.45) is 3.51. The van der Waals surface area contributed by atoms with Crippen molar-refractivity contribution in [1.82, 2.24) is 9.80 Å². The second-order valence-electron chi connectivity index (χ2n) is 8.73. The van der Waals surface area contributed by atoms with Gasteiger partial charge in [-0.3, -0.25) is 9.69 Å². The van der Waals surface area contributed by atoms with Crippen molar-refractivity contribution in [3.8, 4) is 11.5 Å². The summed E-state index contributed by atoms with van der Waals surface area (Å²) in [6.45, 7) is 6.44. The maximum atomic E-state index is 12.8. The molecule has 4 rings (SSSR count). The first kappa shape index (κ1) is 24.8. The standard InChI is InChI=1S/C29H31ClN2O3/c1-22-3-11-27(12-4-22)35-21-25-19-23(7-13-28(25)34-2)8-14-29(33)32-17-15-31(16-18-32)20-24-5-9-26(30)10-6-24/h3-14,19H,15-18,20-21H2,1-2H3/b14-8+. The molecule has 1 fully saturated rings. The van der Waals surface area contributed by atoms with Crippen molar-refractivity contribution in [3.05, 3.63) is 100 Å². The van der Waals surface area contributed by atoms with Gasteiger partial charge in [-0.25, -0.2) is 0 Å². The molecule has 1 saturated heterocycles. The van der Waals surface area contributed by atoms with E-state index < -0.39 is 0 Å². The van der Waals surface area contributed by atoms with Crippen LogP contribution < -0.4 is 9.47 Å². The van der Waals surface area contributed by atoms with Crippen molar-refractivity contribution in [3.63, 3.8) is 0 Å². The van der Waals surface area contributed by atoms with E-state index in [1.807, 2.05) is 72.5 Å². The van der Waals surface area contributed by atoms with Crippen molar-refractivity contribution in [1.29, 1.82) is 0 Å². The zero-order valence-electron chi connectivity index (χ0n) is 20.2. The van der Waals surface area contributed by atoms with Crippen LogP contribution in [-0.2, 0) is 17.9 Å². The van der Waals surface area contributed by atoms with Gasteiger partial charge in [0.1, 0.15) is 18.1 Å². The van der Waals surface area contributed by atoms with Crippen molar-refractivity contribution in [2.75, 3.05) is 33.3 Å². The number of hydrogen-bond acceptors (Lipinski definition) is 4. The van der Waals surface area contributed by atoms with Gasteiger partial charge in [0.2, 0.25) is 5.91 Å². The Balaban J connectivity index is 1.31. The molecule has 1 aliphatic heterocycles. The maximum Gasteiger partial charge on any atom is 0.246 e. The van der Waals surface area contributed by atoms with Crippen LogP contribution in [0.2, 0.25) is 5.02 Å². The first-order chi connectivity index (χ1) is 17.0. The summed E-state index contributed by atoms with van der Waals surface area (Å²) in [5.74, 6) is 1.60. The number of rotatable bonds is 8. The van der Waals surface area contributed by atoms with Crippen LogP contribution in [0, 0.1) is 6.92 Å². The third-order valence-corrected chi connectivity index (χ3v) is 6.39. The van der Waals surface area contributed by atoms with Crippen molar-refractivity contribution in [2.45, 2.75) is 20.1 Å². The molecule has 0 N–H and O–H groups in total. The summed E-state index contributed by atoms with van der Waals surface area (Å²) in [7, 11) is 1.65. The Morgan fingerprint density at radius 1 is 0.971 bits per heavy atom. The molecule has 0 unspecified atom stereocenters. The van der Waals surface area contributed by atoms with Gasteiger partial charge in [0.05, 0.1) is 7.11 Å². The monoisotopic (exact) mass is 490 g/mol. The van der Waals surface area contributed by atoms with Crippen LogP contribution in [0.25, 0.3) is 6.08 Å². The predicted octanol–water partition coefficient (Wildman–Crippen LogP) is 5.59. The molecule has 1 heterocycles. The quantitative estimate of drug-likeness (QED) is 0.386. The summed E-state index contributed by atoms with van der Waals surface area (Å²) in [4.78, 5) is 17.0. The molecule has 0 atom stereocenters. The lowest BCUT2D eigenvalue weighted by molar-refractivity contribution is -0.127. The summed E-state index contributed by atoms with van der Waals surface area (Å²) in [6, 6.07) is 21.8. The van der Waals surface area contributed by atoms with Gasteiger partial charge in [0, 0.05) is 49.4 Å². The van der Waals surface area contributed by atoms with E-state index in [1.165, 1.54) is 11.1 Å². The van der Waals surface area contributed by atoms with Crippen LogP contribution in [0.15, 0.2) is 72.8 Å². The Hall–Kier alpha value is -3.28. The first-order valence-corrected chi connectivity index (χ1v) is 12.2. The lowest BCUT2D eigenvalue weighted by Gasteiger charge is -2.34. The van der Waals surface area contributed by atoms with Crippen LogP contribution in [0.4, 0.5) is 0 Å². The van der Waals surface area contributed by atoms with Gasteiger partial charge >= 0.3 is 0 Å². The highest BCUT2D eigenvalue weighted by molar-refractivity contribution is 6.30. The Morgan fingerprint density at radius 2 is 1.69 bits per heavy atom. The number of methoxy groups -OCH3 is 1. The molecule has 0 aliphatic carbocycles. The Bertz CT molecular complexity index is 1150. The number of amides is 1. The molecule has 0 radical (unpaired) electrons. The highest BCUT2D eigenvalue weighted by atomic mass is 35.5. The van der Waals surface area contributed by atoms with Gasteiger partial charge in [0.15, 0.2) is 0 Å². The summed E-state index contributed by atoms with van der Waals surface area (Å²) < 4.78 is 11.4. The van der Waals surface area contributed by atoms with Crippen LogP contribution in [-0.4, -0.2) is 49.0 Å². The minimum Gasteiger partial charge on any atom is -0.496 e. The molecular formula is C29H31ClN2O3. The van der Waals surface area contributed by atoms with E-state index >= 15 is 0 Å². The number of carbonyl (C=O) groups is 1. The number of nitrogens with zero attached hydrogens (tertiary/aromatic N) is 2. The topological polar surface area (TPSA) is 42.0 Å². The second kappa shape index (κ2) is 11.9. The molecule has 182 valence electrons. The molecule has 0 bridgehead atoms. The summed E-state index contributed by atoms with van der Waals surface area (Å²) in [5, 5.41) is 0.749. The lowest BCUT2D eigenvalue weighted by atomic mass is 10.1. The van der Waals surface area contributed by atoms with Gasteiger partial charge in [-0.2, -0.15) is 0 Å². The highest BCUT2D eigenvalue weighted by Crippen LogP contribution is 2.23. The first-order valence-electron chi connectivity index (χ1n) is 11.8. The summed E-state index contributed by atoms with van der Waals surface area (Å²) in [5.41, 5.74) is 4.28. The predicted molar refractivity (Wildman–Crippen MR) is 141 cm³/mol. The number of carbonyl (C=O) groups excluding carboxylic acids is 1. The number of ether oxygens (including phenoxy) is 2. The van der Waals surface area contributed by atoms with E-state index in [0.29, 0.717) is 6.61 Å². The molecule has 35 heavy (non-hydrogen) atoms. The van der Waals surface area contributed by atoms with Gasteiger partial charge in [-0.15, -0.1) is 0 Å². The largest absolute Gasteiger partial charge is 0.496 e.